The van der Waals surface area contributed by atoms with Gasteiger partial charge in [0.2, 0.25) is 0 Å². The molecular formula is C14H16N4OS. The van der Waals surface area contributed by atoms with Gasteiger partial charge >= 0.3 is 0 Å². The van der Waals surface area contributed by atoms with Gasteiger partial charge in [-0.2, -0.15) is 0 Å². The zero-order valence-corrected chi connectivity index (χ0v) is 12.3. The first-order valence-corrected chi connectivity index (χ1v) is 7.60. The van der Waals surface area contributed by atoms with Gasteiger partial charge in [0.15, 0.2) is 5.76 Å². The molecule has 3 heterocycles. The van der Waals surface area contributed by atoms with Crippen LogP contribution in [0.5, 0.6) is 0 Å². The predicted octanol–water partition coefficient (Wildman–Crippen LogP) is 3.42. The summed E-state index contributed by atoms with van der Waals surface area (Å²) in [6.07, 6.45) is 1.70. The number of thiophene rings is 1. The number of hydrogen-bond donors (Lipinski definition) is 1. The molecule has 0 aliphatic rings. The van der Waals surface area contributed by atoms with Crippen LogP contribution >= 0.6 is 11.3 Å². The summed E-state index contributed by atoms with van der Waals surface area (Å²) in [5.74, 6) is 2.54. The average molecular weight is 288 g/mol. The molecule has 3 aromatic heterocycles. The maximum Gasteiger partial charge on any atom is 0.156 e. The first-order chi connectivity index (χ1) is 9.80. The molecule has 0 radical (unpaired) electrons. The van der Waals surface area contributed by atoms with Gasteiger partial charge in [0, 0.05) is 12.5 Å². The number of aromatic nitrogens is 3. The standard InChI is InChI=1S/C14H16N4OS/c1-3-9-7-10(19-18-9)8-15-13-11-5-6-20-14(11)17-12(4-2)16-13/h5-7H,3-4,8H2,1-2H3,(H,15,16,17). The summed E-state index contributed by atoms with van der Waals surface area (Å²) in [7, 11) is 0. The fourth-order valence-corrected chi connectivity index (χ4v) is 2.75. The second-order valence-corrected chi connectivity index (χ2v) is 5.37. The maximum atomic E-state index is 5.27. The Hall–Kier alpha value is -1.95. The molecule has 104 valence electrons. The topological polar surface area (TPSA) is 63.8 Å². The Labute approximate surface area is 121 Å². The van der Waals surface area contributed by atoms with E-state index in [9.17, 15) is 0 Å². The van der Waals surface area contributed by atoms with E-state index in [1.54, 1.807) is 11.3 Å². The van der Waals surface area contributed by atoms with E-state index in [0.29, 0.717) is 6.54 Å². The third kappa shape index (κ3) is 2.51. The lowest BCUT2D eigenvalue weighted by Crippen LogP contribution is -2.04. The van der Waals surface area contributed by atoms with E-state index in [0.717, 1.165) is 46.2 Å². The Balaban J connectivity index is 1.84. The van der Waals surface area contributed by atoms with Crippen molar-refractivity contribution in [2.75, 3.05) is 5.32 Å². The highest BCUT2D eigenvalue weighted by molar-refractivity contribution is 7.16. The highest BCUT2D eigenvalue weighted by atomic mass is 32.1. The van der Waals surface area contributed by atoms with Gasteiger partial charge in [-0.05, 0) is 17.9 Å². The zero-order valence-electron chi connectivity index (χ0n) is 11.5. The third-order valence-corrected chi connectivity index (χ3v) is 3.89. The van der Waals surface area contributed by atoms with Crippen LogP contribution in [0.2, 0.25) is 0 Å². The predicted molar refractivity (Wildman–Crippen MR) is 80.0 cm³/mol. The average Bonchev–Trinajstić information content (AvgIpc) is 3.12. The minimum absolute atomic E-state index is 0.581. The molecule has 6 heteroatoms. The molecule has 5 nitrogen and oxygen atoms in total. The van der Waals surface area contributed by atoms with Crippen LogP contribution in [0.3, 0.4) is 0 Å². The molecule has 0 saturated carbocycles. The normalized spacial score (nSPS) is 11.1. The minimum atomic E-state index is 0.581. The number of aryl methyl sites for hydroxylation is 2. The molecule has 0 spiro atoms. The number of nitrogens with one attached hydrogen (secondary N) is 1. The molecule has 0 amide bonds. The van der Waals surface area contributed by atoms with Crippen LogP contribution in [0.4, 0.5) is 5.82 Å². The third-order valence-electron chi connectivity index (χ3n) is 3.09. The summed E-state index contributed by atoms with van der Waals surface area (Å²) in [4.78, 5) is 10.1. The molecule has 3 rings (SSSR count). The van der Waals surface area contributed by atoms with Gasteiger partial charge in [0.1, 0.15) is 16.5 Å². The van der Waals surface area contributed by atoms with Crippen molar-refractivity contribution in [2.45, 2.75) is 33.2 Å². The molecule has 0 atom stereocenters. The van der Waals surface area contributed by atoms with E-state index in [2.05, 4.69) is 34.3 Å². The fourth-order valence-electron chi connectivity index (χ4n) is 1.97. The van der Waals surface area contributed by atoms with Crippen LogP contribution < -0.4 is 5.32 Å². The van der Waals surface area contributed by atoms with Gasteiger partial charge < -0.3 is 9.84 Å². The van der Waals surface area contributed by atoms with E-state index in [4.69, 9.17) is 4.52 Å². The Bertz CT molecular complexity index is 719. The Morgan fingerprint density at radius 3 is 2.90 bits per heavy atom. The molecule has 0 unspecified atom stereocenters. The summed E-state index contributed by atoms with van der Waals surface area (Å²) in [5, 5.41) is 10.4. The lowest BCUT2D eigenvalue weighted by atomic mass is 10.3. The molecule has 0 saturated heterocycles. The molecule has 20 heavy (non-hydrogen) atoms. The minimum Gasteiger partial charge on any atom is -0.362 e. The van der Waals surface area contributed by atoms with E-state index in [1.807, 2.05) is 17.5 Å². The summed E-state index contributed by atoms with van der Waals surface area (Å²) >= 11 is 1.63. The van der Waals surface area contributed by atoms with Gasteiger partial charge in [-0.15, -0.1) is 11.3 Å². The molecular weight excluding hydrogens is 272 g/mol. The lowest BCUT2D eigenvalue weighted by molar-refractivity contribution is 0.382. The van der Waals surface area contributed by atoms with E-state index in [-0.39, 0.29) is 0 Å². The molecule has 0 aromatic carbocycles. The molecule has 0 aliphatic heterocycles. The highest BCUT2D eigenvalue weighted by Gasteiger charge is 2.09. The number of anilines is 1. The van der Waals surface area contributed by atoms with Crippen molar-refractivity contribution in [1.82, 2.24) is 15.1 Å². The summed E-state index contributed by atoms with van der Waals surface area (Å²) in [5.41, 5.74) is 0.972. The van der Waals surface area contributed by atoms with Crippen molar-refractivity contribution in [3.8, 4) is 0 Å². The largest absolute Gasteiger partial charge is 0.362 e. The first-order valence-electron chi connectivity index (χ1n) is 6.72. The van der Waals surface area contributed by atoms with Gasteiger partial charge in [-0.3, -0.25) is 0 Å². The number of fused-ring (bicyclic) bond motifs is 1. The summed E-state index contributed by atoms with van der Waals surface area (Å²) < 4.78 is 5.27. The van der Waals surface area contributed by atoms with Crippen LogP contribution in [0.25, 0.3) is 10.2 Å². The van der Waals surface area contributed by atoms with Crippen molar-refractivity contribution in [2.24, 2.45) is 0 Å². The summed E-state index contributed by atoms with van der Waals surface area (Å²) in [6, 6.07) is 4.01. The molecule has 0 fully saturated rings. The van der Waals surface area contributed by atoms with Gasteiger partial charge in [-0.1, -0.05) is 19.0 Å². The number of rotatable bonds is 5. The van der Waals surface area contributed by atoms with Crippen LogP contribution in [0.1, 0.15) is 31.1 Å². The van der Waals surface area contributed by atoms with Crippen molar-refractivity contribution < 1.29 is 4.52 Å². The Morgan fingerprint density at radius 2 is 2.15 bits per heavy atom. The van der Waals surface area contributed by atoms with Crippen LogP contribution in [0.15, 0.2) is 22.0 Å². The lowest BCUT2D eigenvalue weighted by Gasteiger charge is -2.06. The smallest absolute Gasteiger partial charge is 0.156 e. The van der Waals surface area contributed by atoms with E-state index >= 15 is 0 Å². The van der Waals surface area contributed by atoms with E-state index in [1.165, 1.54) is 0 Å². The van der Waals surface area contributed by atoms with Gasteiger partial charge in [-0.25, -0.2) is 9.97 Å². The number of nitrogens with zero attached hydrogens (tertiary/aromatic N) is 3. The second-order valence-electron chi connectivity index (χ2n) is 4.47. The highest BCUT2D eigenvalue weighted by Crippen LogP contribution is 2.25. The Kier molecular flexibility index (Phi) is 3.64. The first kappa shape index (κ1) is 13.1. The van der Waals surface area contributed by atoms with Crippen molar-refractivity contribution in [1.29, 1.82) is 0 Å². The van der Waals surface area contributed by atoms with Crippen LogP contribution in [-0.2, 0) is 19.4 Å². The zero-order chi connectivity index (χ0) is 13.9. The quantitative estimate of drug-likeness (QED) is 0.779. The van der Waals surface area contributed by atoms with Crippen LogP contribution in [-0.4, -0.2) is 15.1 Å². The van der Waals surface area contributed by atoms with Crippen LogP contribution in [0, 0.1) is 0 Å². The SMILES string of the molecule is CCc1cc(CNc2nc(CC)nc3sccc23)on1. The second kappa shape index (κ2) is 5.58. The molecule has 1 N–H and O–H groups in total. The molecule has 0 bridgehead atoms. The molecule has 0 aliphatic carbocycles. The van der Waals surface area contributed by atoms with Gasteiger partial charge in [0.05, 0.1) is 17.6 Å². The van der Waals surface area contributed by atoms with E-state index < -0.39 is 0 Å². The Morgan fingerprint density at radius 1 is 1.25 bits per heavy atom. The molecule has 3 aromatic rings. The fraction of sp³-hybridized carbons (Fsp3) is 0.357. The van der Waals surface area contributed by atoms with Crippen molar-refractivity contribution in [3.63, 3.8) is 0 Å². The maximum absolute atomic E-state index is 5.27. The van der Waals surface area contributed by atoms with Crippen molar-refractivity contribution in [3.05, 3.63) is 34.8 Å². The summed E-state index contributed by atoms with van der Waals surface area (Å²) in [6.45, 7) is 4.70. The number of hydrogen-bond acceptors (Lipinski definition) is 6. The van der Waals surface area contributed by atoms with Gasteiger partial charge in [0.25, 0.3) is 0 Å². The monoisotopic (exact) mass is 288 g/mol. The van der Waals surface area contributed by atoms with Crippen molar-refractivity contribution >= 4 is 27.4 Å².